The first-order valence-electron chi connectivity index (χ1n) is 9.18. The van der Waals surface area contributed by atoms with Gasteiger partial charge >= 0.3 is 0 Å². The van der Waals surface area contributed by atoms with Crippen LogP contribution in [0.5, 0.6) is 0 Å². The molecule has 0 saturated carbocycles. The van der Waals surface area contributed by atoms with Crippen molar-refractivity contribution in [3.8, 4) is 0 Å². The van der Waals surface area contributed by atoms with Gasteiger partial charge in [-0.1, -0.05) is 13.8 Å². The van der Waals surface area contributed by atoms with E-state index in [2.05, 4.69) is 34.7 Å². The van der Waals surface area contributed by atoms with Crippen LogP contribution in [0, 0.1) is 13.8 Å². The molecule has 0 spiro atoms. The molecule has 0 N–H and O–H groups in total. The highest BCUT2D eigenvalue weighted by Crippen LogP contribution is 2.26. The van der Waals surface area contributed by atoms with Crippen LogP contribution in [-0.2, 0) is 18.3 Å². The highest BCUT2D eigenvalue weighted by Gasteiger charge is 2.27. The molecule has 136 valence electrons. The molecule has 1 aliphatic rings. The molecule has 1 saturated heterocycles. The molecule has 0 radical (unpaired) electrons. The Balaban J connectivity index is 1.72. The second-order valence-corrected chi connectivity index (χ2v) is 7.43. The van der Waals surface area contributed by atoms with Gasteiger partial charge in [0.05, 0.1) is 18.2 Å². The van der Waals surface area contributed by atoms with Crippen molar-refractivity contribution in [2.75, 3.05) is 13.1 Å². The molecule has 2 aromatic heterocycles. The molecule has 1 fully saturated rings. The van der Waals surface area contributed by atoms with Crippen molar-refractivity contribution in [1.82, 2.24) is 24.2 Å². The van der Waals surface area contributed by atoms with Gasteiger partial charge in [0.1, 0.15) is 5.82 Å². The maximum Gasteiger partial charge on any atom is 0.227 e. The van der Waals surface area contributed by atoms with Gasteiger partial charge in [-0.2, -0.15) is 5.10 Å². The lowest BCUT2D eigenvalue weighted by Gasteiger charge is -2.34. The number of rotatable bonds is 4. The molecule has 6 nitrogen and oxygen atoms in total. The second kappa shape index (κ2) is 7.02. The van der Waals surface area contributed by atoms with Gasteiger partial charge in [-0.05, 0) is 26.7 Å². The Labute approximate surface area is 149 Å². The van der Waals surface area contributed by atoms with E-state index in [0.29, 0.717) is 18.4 Å². The van der Waals surface area contributed by atoms with E-state index in [1.54, 1.807) is 0 Å². The second-order valence-electron chi connectivity index (χ2n) is 7.43. The molecular weight excluding hydrogens is 314 g/mol. The third kappa shape index (κ3) is 3.48. The number of aryl methyl sites for hydroxylation is 2. The number of imidazole rings is 1. The quantitative estimate of drug-likeness (QED) is 0.858. The molecule has 3 rings (SSSR count). The molecule has 6 heteroatoms. The zero-order chi connectivity index (χ0) is 18.1. The maximum absolute atomic E-state index is 12.9. The Bertz CT molecular complexity index is 758. The molecule has 0 bridgehead atoms. The molecule has 25 heavy (non-hydrogen) atoms. The average Bonchev–Trinajstić information content (AvgIpc) is 3.16. The zero-order valence-electron chi connectivity index (χ0n) is 16.0. The smallest absolute Gasteiger partial charge is 0.227 e. The summed E-state index contributed by atoms with van der Waals surface area (Å²) in [7, 11) is 1.93. The topological polar surface area (TPSA) is 56.0 Å². The molecular formula is C19H29N5O. The van der Waals surface area contributed by atoms with Gasteiger partial charge in [0, 0.05) is 49.7 Å². The van der Waals surface area contributed by atoms with Gasteiger partial charge in [0.15, 0.2) is 0 Å². The lowest BCUT2D eigenvalue weighted by Crippen LogP contribution is -2.41. The Kier molecular flexibility index (Phi) is 4.97. The van der Waals surface area contributed by atoms with Crippen LogP contribution in [0.4, 0.5) is 0 Å². The Morgan fingerprint density at radius 3 is 2.76 bits per heavy atom. The summed E-state index contributed by atoms with van der Waals surface area (Å²) in [5.41, 5.74) is 3.11. The molecule has 1 unspecified atom stereocenters. The summed E-state index contributed by atoms with van der Waals surface area (Å²) in [5.74, 6) is 1.70. The standard InChI is InChI=1S/C19H29N5O/c1-13(2)19-20-8-10-24(19)16-7-6-9-23(12-16)18(25)11-17-14(3)21-22(5)15(17)4/h8,10,13,16H,6-7,9,11-12H2,1-5H3. The fraction of sp³-hybridized carbons (Fsp3) is 0.632. The van der Waals surface area contributed by atoms with Crippen molar-refractivity contribution in [1.29, 1.82) is 0 Å². The Morgan fingerprint density at radius 2 is 2.12 bits per heavy atom. The van der Waals surface area contributed by atoms with Gasteiger partial charge in [0.2, 0.25) is 5.91 Å². The Hall–Kier alpha value is -2.11. The first kappa shape index (κ1) is 17.7. The van der Waals surface area contributed by atoms with Crippen LogP contribution >= 0.6 is 0 Å². The van der Waals surface area contributed by atoms with Crippen molar-refractivity contribution in [2.45, 2.75) is 58.9 Å². The van der Waals surface area contributed by atoms with Gasteiger partial charge in [-0.25, -0.2) is 4.98 Å². The number of amides is 1. The summed E-state index contributed by atoms with van der Waals surface area (Å²) in [4.78, 5) is 19.4. The molecule has 1 amide bonds. The molecule has 3 heterocycles. The minimum Gasteiger partial charge on any atom is -0.340 e. The number of hydrogen-bond acceptors (Lipinski definition) is 3. The zero-order valence-corrected chi connectivity index (χ0v) is 16.0. The minimum absolute atomic E-state index is 0.204. The van der Waals surface area contributed by atoms with E-state index in [1.165, 1.54) is 0 Å². The summed E-state index contributed by atoms with van der Waals surface area (Å²) in [6.45, 7) is 9.96. The van der Waals surface area contributed by atoms with E-state index >= 15 is 0 Å². The van der Waals surface area contributed by atoms with Gasteiger partial charge < -0.3 is 9.47 Å². The highest BCUT2D eigenvalue weighted by atomic mass is 16.2. The number of hydrogen-bond donors (Lipinski definition) is 0. The number of carbonyl (C=O) groups is 1. The van der Waals surface area contributed by atoms with Crippen LogP contribution < -0.4 is 0 Å². The first-order chi connectivity index (χ1) is 11.9. The van der Waals surface area contributed by atoms with Gasteiger partial charge in [-0.3, -0.25) is 9.48 Å². The van der Waals surface area contributed by atoms with Crippen molar-refractivity contribution < 1.29 is 4.79 Å². The number of piperidine rings is 1. The van der Waals surface area contributed by atoms with Crippen LogP contribution in [-0.4, -0.2) is 43.2 Å². The molecule has 1 aliphatic heterocycles. The van der Waals surface area contributed by atoms with Crippen molar-refractivity contribution >= 4 is 5.91 Å². The van der Waals surface area contributed by atoms with Crippen LogP contribution in [0.25, 0.3) is 0 Å². The van der Waals surface area contributed by atoms with E-state index in [1.807, 2.05) is 36.7 Å². The maximum atomic E-state index is 12.9. The third-order valence-corrected chi connectivity index (χ3v) is 5.34. The summed E-state index contributed by atoms with van der Waals surface area (Å²) in [6.07, 6.45) is 6.52. The van der Waals surface area contributed by atoms with Crippen molar-refractivity contribution in [3.63, 3.8) is 0 Å². The fourth-order valence-electron chi connectivity index (χ4n) is 3.83. The van der Waals surface area contributed by atoms with Crippen LogP contribution in [0.3, 0.4) is 0 Å². The summed E-state index contributed by atoms with van der Waals surface area (Å²) >= 11 is 0. The van der Waals surface area contributed by atoms with E-state index in [9.17, 15) is 4.79 Å². The molecule has 0 aromatic carbocycles. The minimum atomic E-state index is 0.204. The SMILES string of the molecule is Cc1nn(C)c(C)c1CC(=O)N1CCCC(n2ccnc2C(C)C)C1. The normalized spacial score (nSPS) is 18.2. The van der Waals surface area contributed by atoms with Crippen LogP contribution in [0.2, 0.25) is 0 Å². The van der Waals surface area contributed by atoms with E-state index in [0.717, 1.165) is 48.7 Å². The summed E-state index contributed by atoms with van der Waals surface area (Å²) in [6, 6.07) is 0.327. The first-order valence-corrected chi connectivity index (χ1v) is 9.18. The predicted molar refractivity (Wildman–Crippen MR) is 97.6 cm³/mol. The average molecular weight is 343 g/mol. The van der Waals surface area contributed by atoms with Crippen molar-refractivity contribution in [2.24, 2.45) is 7.05 Å². The number of carbonyl (C=O) groups excluding carboxylic acids is 1. The number of likely N-dealkylation sites (tertiary alicyclic amines) is 1. The van der Waals surface area contributed by atoms with E-state index in [-0.39, 0.29) is 5.91 Å². The summed E-state index contributed by atoms with van der Waals surface area (Å²) < 4.78 is 4.13. The molecule has 1 atom stereocenters. The predicted octanol–water partition coefficient (Wildman–Crippen LogP) is 2.76. The van der Waals surface area contributed by atoms with Gasteiger partial charge in [-0.15, -0.1) is 0 Å². The summed E-state index contributed by atoms with van der Waals surface area (Å²) in [5, 5.41) is 4.43. The lowest BCUT2D eigenvalue weighted by molar-refractivity contribution is -0.132. The number of nitrogens with zero attached hydrogens (tertiary/aromatic N) is 5. The van der Waals surface area contributed by atoms with Crippen LogP contribution in [0.1, 0.15) is 61.4 Å². The van der Waals surface area contributed by atoms with E-state index in [4.69, 9.17) is 0 Å². The third-order valence-electron chi connectivity index (χ3n) is 5.34. The molecule has 2 aromatic rings. The van der Waals surface area contributed by atoms with Gasteiger partial charge in [0.25, 0.3) is 0 Å². The monoisotopic (exact) mass is 343 g/mol. The van der Waals surface area contributed by atoms with Crippen LogP contribution in [0.15, 0.2) is 12.4 Å². The van der Waals surface area contributed by atoms with Crippen molar-refractivity contribution in [3.05, 3.63) is 35.2 Å². The molecule has 0 aliphatic carbocycles. The highest BCUT2D eigenvalue weighted by molar-refractivity contribution is 5.79. The largest absolute Gasteiger partial charge is 0.340 e. The number of aromatic nitrogens is 4. The fourth-order valence-corrected chi connectivity index (χ4v) is 3.83. The van der Waals surface area contributed by atoms with E-state index < -0.39 is 0 Å². The Morgan fingerprint density at radius 1 is 1.36 bits per heavy atom. The lowest BCUT2D eigenvalue weighted by atomic mass is 10.0.